The van der Waals surface area contributed by atoms with Crippen LogP contribution in [0.3, 0.4) is 0 Å². The van der Waals surface area contributed by atoms with Gasteiger partial charge in [-0.2, -0.15) is 0 Å². The van der Waals surface area contributed by atoms with E-state index in [-0.39, 0.29) is 17.8 Å². The predicted octanol–water partition coefficient (Wildman–Crippen LogP) is 4.10. The molecule has 1 unspecified atom stereocenters. The van der Waals surface area contributed by atoms with Gasteiger partial charge in [-0.25, -0.2) is 14.1 Å². The van der Waals surface area contributed by atoms with Crippen LogP contribution in [0.4, 0.5) is 10.1 Å². The number of benzene rings is 2. The third-order valence-electron chi connectivity index (χ3n) is 5.87. The standard InChI is InChI=1S/C24H23FN6O2/c1-15-13-30(14-26-15)20-11-10-18(12-22(20)33-2)27-24(32)23-21-5-3-4-19(31(21)29-28-23)16-6-8-17(25)9-7-16/h6-14,19H,3-5H2,1-2H3,(H,27,32). The third-order valence-corrected chi connectivity index (χ3v) is 5.87. The molecule has 1 N–H and O–H groups in total. The number of hydrogen-bond acceptors (Lipinski definition) is 5. The van der Waals surface area contributed by atoms with E-state index in [0.717, 1.165) is 35.5 Å². The molecule has 0 spiro atoms. The molecule has 0 aliphatic carbocycles. The fourth-order valence-electron chi connectivity index (χ4n) is 4.26. The van der Waals surface area contributed by atoms with Crippen LogP contribution in [0.15, 0.2) is 55.0 Å². The van der Waals surface area contributed by atoms with Gasteiger partial charge >= 0.3 is 0 Å². The number of aryl methyl sites for hydroxylation is 1. The highest BCUT2D eigenvalue weighted by atomic mass is 19.1. The summed E-state index contributed by atoms with van der Waals surface area (Å²) in [5.41, 5.74) is 4.33. The summed E-state index contributed by atoms with van der Waals surface area (Å²) in [6.07, 6.45) is 6.07. The van der Waals surface area contributed by atoms with E-state index in [1.165, 1.54) is 12.1 Å². The maximum Gasteiger partial charge on any atom is 0.278 e. The lowest BCUT2D eigenvalue weighted by molar-refractivity contribution is 0.102. The summed E-state index contributed by atoms with van der Waals surface area (Å²) in [7, 11) is 1.58. The lowest BCUT2D eigenvalue weighted by Crippen LogP contribution is -2.22. The van der Waals surface area contributed by atoms with Crippen LogP contribution in [-0.4, -0.2) is 37.6 Å². The van der Waals surface area contributed by atoms with E-state index in [0.29, 0.717) is 23.6 Å². The molecule has 33 heavy (non-hydrogen) atoms. The zero-order chi connectivity index (χ0) is 22.9. The normalized spacial score (nSPS) is 15.2. The number of methoxy groups -OCH3 is 1. The van der Waals surface area contributed by atoms with Gasteiger partial charge in [0.1, 0.15) is 11.6 Å². The van der Waals surface area contributed by atoms with Crippen molar-refractivity contribution in [1.82, 2.24) is 24.5 Å². The predicted molar refractivity (Wildman–Crippen MR) is 120 cm³/mol. The maximum absolute atomic E-state index is 13.3. The van der Waals surface area contributed by atoms with Gasteiger partial charge in [0.25, 0.3) is 5.91 Å². The summed E-state index contributed by atoms with van der Waals surface area (Å²) in [5, 5.41) is 11.4. The van der Waals surface area contributed by atoms with E-state index in [1.54, 1.807) is 36.3 Å². The van der Waals surface area contributed by atoms with Crippen molar-refractivity contribution in [2.75, 3.05) is 12.4 Å². The van der Waals surface area contributed by atoms with Gasteiger partial charge in [-0.1, -0.05) is 17.3 Å². The molecule has 0 saturated carbocycles. The highest BCUT2D eigenvalue weighted by Crippen LogP contribution is 2.32. The molecular formula is C24H23FN6O2. The number of carbonyl (C=O) groups excluding carboxylic acids is 1. The molecule has 2 aromatic carbocycles. The van der Waals surface area contributed by atoms with Crippen molar-refractivity contribution in [3.8, 4) is 11.4 Å². The number of carbonyl (C=O) groups is 1. The van der Waals surface area contributed by atoms with Crippen molar-refractivity contribution in [3.05, 3.63) is 83.5 Å². The van der Waals surface area contributed by atoms with Gasteiger partial charge in [0.05, 0.1) is 36.6 Å². The quantitative estimate of drug-likeness (QED) is 0.499. The molecular weight excluding hydrogens is 423 g/mol. The Labute approximate surface area is 190 Å². The molecule has 0 radical (unpaired) electrons. The van der Waals surface area contributed by atoms with Gasteiger partial charge < -0.3 is 14.6 Å². The Bertz CT molecular complexity index is 1310. The number of anilines is 1. The fraction of sp³-hybridized carbons (Fsp3) is 0.250. The largest absolute Gasteiger partial charge is 0.494 e. The molecule has 2 aromatic heterocycles. The summed E-state index contributed by atoms with van der Waals surface area (Å²) in [6, 6.07) is 11.8. The molecule has 3 heterocycles. The van der Waals surface area contributed by atoms with E-state index in [9.17, 15) is 9.18 Å². The zero-order valence-electron chi connectivity index (χ0n) is 18.3. The Kier molecular flexibility index (Phi) is 5.37. The number of hydrogen-bond donors (Lipinski definition) is 1. The molecule has 5 rings (SSSR count). The van der Waals surface area contributed by atoms with Crippen LogP contribution in [0.1, 0.15) is 46.3 Å². The van der Waals surface area contributed by atoms with Crippen LogP contribution in [-0.2, 0) is 6.42 Å². The summed E-state index contributed by atoms with van der Waals surface area (Å²) in [4.78, 5) is 17.3. The Morgan fingerprint density at radius 2 is 2.03 bits per heavy atom. The Balaban J connectivity index is 1.39. The average Bonchev–Trinajstić information content (AvgIpc) is 3.46. The first kappa shape index (κ1) is 20.9. The number of halogens is 1. The van der Waals surface area contributed by atoms with E-state index >= 15 is 0 Å². The molecule has 4 aromatic rings. The van der Waals surface area contributed by atoms with Crippen molar-refractivity contribution in [3.63, 3.8) is 0 Å². The van der Waals surface area contributed by atoms with Crippen LogP contribution in [0.25, 0.3) is 5.69 Å². The van der Waals surface area contributed by atoms with E-state index < -0.39 is 0 Å². The van der Waals surface area contributed by atoms with Gasteiger partial charge in [0.2, 0.25) is 0 Å². The third kappa shape index (κ3) is 3.97. The Morgan fingerprint density at radius 3 is 2.76 bits per heavy atom. The number of aromatic nitrogens is 5. The molecule has 0 saturated heterocycles. The van der Waals surface area contributed by atoms with Crippen molar-refractivity contribution < 1.29 is 13.9 Å². The van der Waals surface area contributed by atoms with Crippen molar-refractivity contribution in [2.24, 2.45) is 0 Å². The Morgan fingerprint density at radius 1 is 1.21 bits per heavy atom. The fourth-order valence-corrected chi connectivity index (χ4v) is 4.26. The van der Waals surface area contributed by atoms with Crippen LogP contribution < -0.4 is 10.1 Å². The summed E-state index contributed by atoms with van der Waals surface area (Å²) in [5.74, 6) is -0.00564. The number of imidazole rings is 1. The lowest BCUT2D eigenvalue weighted by atomic mass is 9.96. The van der Waals surface area contributed by atoms with Gasteiger partial charge in [0.15, 0.2) is 5.69 Å². The van der Waals surface area contributed by atoms with Gasteiger partial charge in [-0.15, -0.1) is 5.10 Å². The van der Waals surface area contributed by atoms with Crippen LogP contribution in [0.5, 0.6) is 5.75 Å². The molecule has 0 fully saturated rings. The zero-order valence-corrected chi connectivity index (χ0v) is 18.3. The number of nitrogens with one attached hydrogen (secondary N) is 1. The molecule has 8 nitrogen and oxygen atoms in total. The van der Waals surface area contributed by atoms with Crippen LogP contribution in [0, 0.1) is 12.7 Å². The topological polar surface area (TPSA) is 86.9 Å². The Hall–Kier alpha value is -4.01. The second-order valence-electron chi connectivity index (χ2n) is 8.05. The number of amides is 1. The average molecular weight is 446 g/mol. The maximum atomic E-state index is 13.3. The minimum Gasteiger partial charge on any atom is -0.494 e. The molecule has 1 aliphatic heterocycles. The first-order chi connectivity index (χ1) is 16.0. The molecule has 1 atom stereocenters. The van der Waals surface area contributed by atoms with Crippen molar-refractivity contribution in [2.45, 2.75) is 32.2 Å². The molecule has 1 amide bonds. The van der Waals surface area contributed by atoms with Gasteiger partial charge in [-0.05, 0) is 56.0 Å². The molecule has 0 bridgehead atoms. The second-order valence-corrected chi connectivity index (χ2v) is 8.05. The number of ether oxygens (including phenoxy) is 1. The highest BCUT2D eigenvalue weighted by Gasteiger charge is 2.28. The number of fused-ring (bicyclic) bond motifs is 1. The van der Waals surface area contributed by atoms with E-state index in [2.05, 4.69) is 20.6 Å². The highest BCUT2D eigenvalue weighted by molar-refractivity contribution is 6.03. The molecule has 1 aliphatic rings. The van der Waals surface area contributed by atoms with Gasteiger partial charge in [-0.3, -0.25) is 4.79 Å². The first-order valence-corrected chi connectivity index (χ1v) is 10.7. The van der Waals surface area contributed by atoms with Gasteiger partial charge in [0, 0.05) is 18.0 Å². The molecule has 168 valence electrons. The summed E-state index contributed by atoms with van der Waals surface area (Å²) >= 11 is 0. The van der Waals surface area contributed by atoms with E-state index in [4.69, 9.17) is 4.74 Å². The molecule has 9 heteroatoms. The lowest BCUT2D eigenvalue weighted by Gasteiger charge is -2.24. The monoisotopic (exact) mass is 446 g/mol. The minimum absolute atomic E-state index is 0.0681. The number of rotatable bonds is 5. The van der Waals surface area contributed by atoms with Crippen molar-refractivity contribution in [1.29, 1.82) is 0 Å². The van der Waals surface area contributed by atoms with E-state index in [1.807, 2.05) is 29.8 Å². The second kappa shape index (κ2) is 8.50. The minimum atomic E-state index is -0.329. The number of nitrogens with zero attached hydrogens (tertiary/aromatic N) is 5. The van der Waals surface area contributed by atoms with Crippen molar-refractivity contribution >= 4 is 11.6 Å². The van der Waals surface area contributed by atoms with Crippen LogP contribution in [0.2, 0.25) is 0 Å². The first-order valence-electron chi connectivity index (χ1n) is 10.7. The summed E-state index contributed by atoms with van der Waals surface area (Å²) < 4.78 is 22.5. The summed E-state index contributed by atoms with van der Waals surface area (Å²) in [6.45, 7) is 1.91. The van der Waals surface area contributed by atoms with Crippen LogP contribution >= 0.6 is 0 Å². The SMILES string of the molecule is COc1cc(NC(=O)c2nnn3c2CCCC3c2ccc(F)cc2)ccc1-n1cnc(C)c1. The smallest absolute Gasteiger partial charge is 0.278 e.